The first-order valence-electron chi connectivity index (χ1n) is 5.67. The van der Waals surface area contributed by atoms with Crippen molar-refractivity contribution in [2.45, 2.75) is 12.8 Å². The summed E-state index contributed by atoms with van der Waals surface area (Å²) >= 11 is 11.7. The van der Waals surface area contributed by atoms with Gasteiger partial charge in [-0.05, 0) is 12.1 Å². The lowest BCUT2D eigenvalue weighted by Crippen LogP contribution is -3.10. The smallest absolute Gasteiger partial charge is 0.137 e. The third-order valence-electron chi connectivity index (χ3n) is 2.93. The maximum absolute atomic E-state index is 5.90. The fourth-order valence-electron chi connectivity index (χ4n) is 2.00. The Morgan fingerprint density at radius 3 is 2.56 bits per heavy atom. The second-order valence-corrected chi connectivity index (χ2v) is 4.95. The molecule has 2 rings (SSSR count). The van der Waals surface area contributed by atoms with E-state index in [0.717, 1.165) is 18.9 Å². The van der Waals surface area contributed by atoms with Crippen molar-refractivity contribution < 1.29 is 9.64 Å². The van der Waals surface area contributed by atoms with Gasteiger partial charge in [0.15, 0.2) is 0 Å². The molecule has 0 saturated carbocycles. The van der Waals surface area contributed by atoms with Crippen molar-refractivity contribution in [2.24, 2.45) is 0 Å². The summed E-state index contributed by atoms with van der Waals surface area (Å²) in [6, 6.07) is 5.39. The number of likely N-dealkylation sites (tertiary alicyclic amines) is 1. The van der Waals surface area contributed by atoms with Crippen LogP contribution in [-0.2, 0) is 0 Å². The summed E-state index contributed by atoms with van der Waals surface area (Å²) in [6.45, 7) is 4.38. The Morgan fingerprint density at radius 2 is 1.88 bits per heavy atom. The van der Waals surface area contributed by atoms with Crippen LogP contribution in [0.3, 0.4) is 0 Å². The molecule has 1 fully saturated rings. The highest BCUT2D eigenvalue weighted by atomic mass is 35.5. The van der Waals surface area contributed by atoms with E-state index in [0.29, 0.717) is 10.0 Å². The Kier molecular flexibility index (Phi) is 4.33. The maximum Gasteiger partial charge on any atom is 0.137 e. The van der Waals surface area contributed by atoms with Crippen LogP contribution in [0.5, 0.6) is 5.75 Å². The van der Waals surface area contributed by atoms with Gasteiger partial charge < -0.3 is 9.64 Å². The van der Waals surface area contributed by atoms with Crippen LogP contribution in [-0.4, -0.2) is 26.2 Å². The predicted octanol–water partition coefficient (Wildman–Crippen LogP) is 2.05. The molecule has 0 amide bonds. The molecular formula is C12H16Cl2NO+. The highest BCUT2D eigenvalue weighted by Gasteiger charge is 2.14. The van der Waals surface area contributed by atoms with Gasteiger partial charge in [-0.2, -0.15) is 0 Å². The molecular weight excluding hydrogens is 245 g/mol. The lowest BCUT2D eigenvalue weighted by Gasteiger charge is -2.12. The molecule has 1 saturated heterocycles. The second-order valence-electron chi connectivity index (χ2n) is 4.13. The van der Waals surface area contributed by atoms with Crippen molar-refractivity contribution in [2.75, 3.05) is 26.2 Å². The van der Waals surface area contributed by atoms with Crippen molar-refractivity contribution in [1.29, 1.82) is 0 Å². The zero-order chi connectivity index (χ0) is 11.4. The summed E-state index contributed by atoms with van der Waals surface area (Å²) in [4.78, 5) is 1.64. The fraction of sp³-hybridized carbons (Fsp3) is 0.500. The van der Waals surface area contributed by atoms with E-state index < -0.39 is 0 Å². The fourth-order valence-corrected chi connectivity index (χ4v) is 2.29. The first kappa shape index (κ1) is 12.0. The molecule has 2 nitrogen and oxygen atoms in total. The average Bonchev–Trinajstić information content (AvgIpc) is 2.76. The molecule has 16 heavy (non-hydrogen) atoms. The molecule has 1 aliphatic rings. The zero-order valence-electron chi connectivity index (χ0n) is 9.14. The Morgan fingerprint density at radius 1 is 1.12 bits per heavy atom. The van der Waals surface area contributed by atoms with E-state index in [2.05, 4.69) is 0 Å². The van der Waals surface area contributed by atoms with Gasteiger partial charge in [0.25, 0.3) is 0 Å². The first-order valence-corrected chi connectivity index (χ1v) is 6.43. The highest BCUT2D eigenvalue weighted by Crippen LogP contribution is 2.26. The Hall–Kier alpha value is -0.440. The predicted molar refractivity (Wildman–Crippen MR) is 66.8 cm³/mol. The van der Waals surface area contributed by atoms with Crippen LogP contribution in [0.25, 0.3) is 0 Å². The molecule has 4 heteroatoms. The molecule has 0 unspecified atom stereocenters. The largest absolute Gasteiger partial charge is 0.488 e. The number of hydrogen-bond donors (Lipinski definition) is 1. The minimum Gasteiger partial charge on any atom is -0.488 e. The third kappa shape index (κ3) is 3.27. The summed E-state index contributed by atoms with van der Waals surface area (Å²) in [6.07, 6.45) is 2.70. The zero-order valence-corrected chi connectivity index (χ0v) is 10.7. The van der Waals surface area contributed by atoms with Crippen molar-refractivity contribution in [1.82, 2.24) is 0 Å². The number of nitrogens with one attached hydrogen (secondary N) is 1. The normalized spacial score (nSPS) is 16.6. The van der Waals surface area contributed by atoms with Gasteiger partial charge in [0.05, 0.1) is 23.1 Å². The van der Waals surface area contributed by atoms with Gasteiger partial charge in [-0.3, -0.25) is 0 Å². The Labute approximate surface area is 106 Å². The summed E-state index contributed by atoms with van der Waals surface area (Å²) in [5.74, 6) is 0.799. The molecule has 0 spiro atoms. The van der Waals surface area contributed by atoms with Crippen molar-refractivity contribution in [3.8, 4) is 5.75 Å². The van der Waals surface area contributed by atoms with E-state index in [4.69, 9.17) is 27.9 Å². The topological polar surface area (TPSA) is 13.7 Å². The van der Waals surface area contributed by atoms with E-state index in [1.807, 2.05) is 6.07 Å². The van der Waals surface area contributed by atoms with E-state index in [1.165, 1.54) is 25.9 Å². The van der Waals surface area contributed by atoms with Gasteiger partial charge in [-0.1, -0.05) is 23.2 Å². The molecule has 0 aromatic heterocycles. The second kappa shape index (κ2) is 5.76. The Balaban J connectivity index is 1.78. The van der Waals surface area contributed by atoms with Gasteiger partial charge >= 0.3 is 0 Å². The molecule has 1 N–H and O–H groups in total. The number of halogens is 2. The number of rotatable bonds is 4. The molecule has 1 aromatic rings. The standard InChI is InChI=1S/C12H15Cl2NO/c13-11-4-3-10(9-12(11)14)16-8-7-15-5-1-2-6-15/h3-4,9H,1-2,5-8H2/p+1. The number of ether oxygens (including phenoxy) is 1. The van der Waals surface area contributed by atoms with Gasteiger partial charge in [0, 0.05) is 18.9 Å². The van der Waals surface area contributed by atoms with Crippen LogP contribution in [0.4, 0.5) is 0 Å². The van der Waals surface area contributed by atoms with Gasteiger partial charge in [-0.15, -0.1) is 0 Å². The van der Waals surface area contributed by atoms with Crippen molar-refractivity contribution in [3.05, 3.63) is 28.2 Å². The minimum atomic E-state index is 0.549. The summed E-state index contributed by atoms with van der Waals surface area (Å²) in [7, 11) is 0. The maximum atomic E-state index is 5.90. The average molecular weight is 261 g/mol. The van der Waals surface area contributed by atoms with Crippen LogP contribution < -0.4 is 9.64 Å². The SMILES string of the molecule is Clc1ccc(OCC[NH+]2CCCC2)cc1Cl. The summed E-state index contributed by atoms with van der Waals surface area (Å²) in [5, 5.41) is 1.12. The molecule has 0 atom stereocenters. The van der Waals surface area contributed by atoms with E-state index in [9.17, 15) is 0 Å². The number of quaternary nitrogens is 1. The summed E-state index contributed by atoms with van der Waals surface area (Å²) < 4.78 is 5.64. The van der Waals surface area contributed by atoms with Crippen LogP contribution in [0, 0.1) is 0 Å². The molecule has 0 radical (unpaired) electrons. The monoisotopic (exact) mass is 260 g/mol. The van der Waals surface area contributed by atoms with Gasteiger partial charge in [-0.25, -0.2) is 0 Å². The molecule has 88 valence electrons. The molecule has 1 heterocycles. The minimum absolute atomic E-state index is 0.549. The molecule has 1 aromatic carbocycles. The highest BCUT2D eigenvalue weighted by molar-refractivity contribution is 6.42. The number of hydrogen-bond acceptors (Lipinski definition) is 1. The van der Waals surface area contributed by atoms with Crippen molar-refractivity contribution >= 4 is 23.2 Å². The Bertz CT molecular complexity index is 351. The van der Waals surface area contributed by atoms with Gasteiger partial charge in [0.2, 0.25) is 0 Å². The van der Waals surface area contributed by atoms with E-state index >= 15 is 0 Å². The quantitative estimate of drug-likeness (QED) is 0.875. The first-order chi connectivity index (χ1) is 7.75. The lowest BCUT2D eigenvalue weighted by molar-refractivity contribution is -0.887. The van der Waals surface area contributed by atoms with Crippen molar-refractivity contribution in [3.63, 3.8) is 0 Å². The molecule has 0 aliphatic carbocycles. The van der Waals surface area contributed by atoms with Crippen LogP contribution in [0.1, 0.15) is 12.8 Å². The van der Waals surface area contributed by atoms with Crippen LogP contribution >= 0.6 is 23.2 Å². The molecule has 1 aliphatic heterocycles. The van der Waals surface area contributed by atoms with E-state index in [-0.39, 0.29) is 0 Å². The lowest BCUT2D eigenvalue weighted by atomic mass is 10.3. The van der Waals surface area contributed by atoms with Gasteiger partial charge in [0.1, 0.15) is 18.9 Å². The van der Waals surface area contributed by atoms with Crippen LogP contribution in [0.2, 0.25) is 10.0 Å². The van der Waals surface area contributed by atoms with E-state index in [1.54, 1.807) is 17.0 Å². The van der Waals surface area contributed by atoms with Crippen LogP contribution in [0.15, 0.2) is 18.2 Å². The number of benzene rings is 1. The third-order valence-corrected chi connectivity index (χ3v) is 3.67. The molecule has 0 bridgehead atoms. The summed E-state index contributed by atoms with van der Waals surface area (Å²) in [5.41, 5.74) is 0.